The first kappa shape index (κ1) is 27.2. The Hall–Kier alpha value is -3.01. The monoisotopic (exact) mass is 495 g/mol. The summed E-state index contributed by atoms with van der Waals surface area (Å²) in [4.78, 5) is 27.4. The minimum Gasteiger partial charge on any atom is -0.352 e. The molecule has 10 heteroatoms. The molecule has 0 radical (unpaired) electrons. The van der Waals surface area contributed by atoms with E-state index in [0.29, 0.717) is 17.1 Å². The first-order chi connectivity index (χ1) is 15.9. The average Bonchev–Trinajstić information content (AvgIpc) is 2.79. The second-order valence-corrected chi connectivity index (χ2v) is 10.1. The topological polar surface area (TPSA) is 86.8 Å². The van der Waals surface area contributed by atoms with Crippen molar-refractivity contribution in [2.75, 3.05) is 23.7 Å². The molecular weight excluding hydrogens is 464 g/mol. The summed E-state index contributed by atoms with van der Waals surface area (Å²) >= 11 is 0. The maximum absolute atomic E-state index is 13.8. The lowest BCUT2D eigenvalue weighted by Gasteiger charge is -2.32. The first-order valence-corrected chi connectivity index (χ1v) is 12.8. The fraction of sp³-hybridized carbons (Fsp3) is 0.417. The summed E-state index contributed by atoms with van der Waals surface area (Å²) in [7, 11) is -4.02. The number of carbonyl (C=O) groups is 2. The number of hydrogen-bond donors (Lipinski definition) is 1. The number of benzene rings is 2. The summed E-state index contributed by atoms with van der Waals surface area (Å²) in [5.41, 5.74) is 0.755. The normalized spacial score (nSPS) is 13.1. The summed E-state index contributed by atoms with van der Waals surface area (Å²) in [6.45, 7) is 4.82. The van der Waals surface area contributed by atoms with Gasteiger partial charge in [0.1, 0.15) is 12.6 Å². The fourth-order valence-corrected chi connectivity index (χ4v) is 4.13. The van der Waals surface area contributed by atoms with E-state index in [1.807, 2.05) is 44.2 Å². The van der Waals surface area contributed by atoms with Crippen molar-refractivity contribution in [1.82, 2.24) is 10.2 Å². The van der Waals surface area contributed by atoms with Gasteiger partial charge in [0.25, 0.3) is 0 Å². The summed E-state index contributed by atoms with van der Waals surface area (Å²) in [6.07, 6.45) is 2.01. The van der Waals surface area contributed by atoms with Crippen LogP contribution in [0.3, 0.4) is 0 Å². The highest BCUT2D eigenvalue weighted by molar-refractivity contribution is 7.92. The van der Waals surface area contributed by atoms with Crippen LogP contribution in [0, 0.1) is 11.6 Å². The predicted octanol–water partition coefficient (Wildman–Crippen LogP) is 3.11. The van der Waals surface area contributed by atoms with Gasteiger partial charge in [0, 0.05) is 18.7 Å². The van der Waals surface area contributed by atoms with Gasteiger partial charge < -0.3 is 10.2 Å². The van der Waals surface area contributed by atoms with Crippen molar-refractivity contribution in [3.05, 3.63) is 65.7 Å². The van der Waals surface area contributed by atoms with Gasteiger partial charge in [-0.15, -0.1) is 0 Å². The molecule has 2 aromatic carbocycles. The van der Waals surface area contributed by atoms with E-state index >= 15 is 0 Å². The van der Waals surface area contributed by atoms with E-state index in [-0.39, 0.29) is 24.2 Å². The second kappa shape index (κ2) is 11.9. The zero-order chi connectivity index (χ0) is 25.5. The van der Waals surface area contributed by atoms with E-state index in [4.69, 9.17) is 0 Å². The van der Waals surface area contributed by atoms with Gasteiger partial charge in [-0.1, -0.05) is 37.3 Å². The van der Waals surface area contributed by atoms with Crippen LogP contribution in [0.25, 0.3) is 0 Å². The Kier molecular flexibility index (Phi) is 9.55. The highest BCUT2D eigenvalue weighted by atomic mass is 32.2. The van der Waals surface area contributed by atoms with Crippen LogP contribution in [0.1, 0.15) is 32.8 Å². The maximum Gasteiger partial charge on any atom is 0.244 e. The van der Waals surface area contributed by atoms with Gasteiger partial charge >= 0.3 is 0 Å². The molecule has 0 aliphatic heterocycles. The van der Waals surface area contributed by atoms with Crippen molar-refractivity contribution in [2.45, 2.75) is 45.7 Å². The van der Waals surface area contributed by atoms with Crippen LogP contribution < -0.4 is 9.62 Å². The standard InChI is InChI=1S/C24H31F2N3O4S/c1-5-17(2)27-24(31)18(3)28(14-13-19-9-7-6-8-10-19)23(30)16-29(34(4,32)33)20-11-12-21(25)22(26)15-20/h6-12,15,17-18H,5,13-14,16H2,1-4H3,(H,27,31)/t17-,18+/m1/s1. The van der Waals surface area contributed by atoms with E-state index in [2.05, 4.69) is 5.32 Å². The molecule has 7 nitrogen and oxygen atoms in total. The SMILES string of the molecule is CC[C@@H](C)NC(=O)[C@H](C)N(CCc1ccccc1)C(=O)CN(c1ccc(F)c(F)c1)S(C)(=O)=O. The molecule has 1 N–H and O–H groups in total. The van der Waals surface area contributed by atoms with E-state index in [9.17, 15) is 26.8 Å². The molecule has 0 heterocycles. The average molecular weight is 496 g/mol. The number of nitrogens with zero attached hydrogens (tertiary/aromatic N) is 2. The van der Waals surface area contributed by atoms with Gasteiger partial charge in [-0.25, -0.2) is 17.2 Å². The number of sulfonamides is 1. The Morgan fingerprint density at radius 1 is 1.03 bits per heavy atom. The third-order valence-corrected chi connectivity index (χ3v) is 6.66. The molecule has 34 heavy (non-hydrogen) atoms. The molecular formula is C24H31F2N3O4S. The molecule has 0 aliphatic rings. The van der Waals surface area contributed by atoms with Crippen LogP contribution in [0.5, 0.6) is 0 Å². The Bertz CT molecular complexity index is 1100. The van der Waals surface area contributed by atoms with Crippen LogP contribution in [-0.4, -0.2) is 56.6 Å². The molecule has 0 aromatic heterocycles. The lowest BCUT2D eigenvalue weighted by molar-refractivity contribution is -0.139. The van der Waals surface area contributed by atoms with Crippen molar-refractivity contribution < 1.29 is 26.8 Å². The Labute approximate surface area is 199 Å². The molecule has 2 aromatic rings. The molecule has 0 unspecified atom stereocenters. The smallest absolute Gasteiger partial charge is 0.244 e. The highest BCUT2D eigenvalue weighted by Gasteiger charge is 2.30. The lowest BCUT2D eigenvalue weighted by Crippen LogP contribution is -2.53. The van der Waals surface area contributed by atoms with Crippen molar-refractivity contribution in [3.63, 3.8) is 0 Å². The van der Waals surface area contributed by atoms with Crippen molar-refractivity contribution in [2.24, 2.45) is 0 Å². The number of halogens is 2. The first-order valence-electron chi connectivity index (χ1n) is 11.0. The molecule has 0 spiro atoms. The summed E-state index contributed by atoms with van der Waals surface area (Å²) in [5, 5.41) is 2.84. The molecule has 186 valence electrons. The van der Waals surface area contributed by atoms with Gasteiger partial charge in [0.2, 0.25) is 21.8 Å². The zero-order valence-electron chi connectivity index (χ0n) is 19.8. The predicted molar refractivity (Wildman–Crippen MR) is 128 cm³/mol. The number of rotatable bonds is 11. The molecule has 0 fully saturated rings. The zero-order valence-corrected chi connectivity index (χ0v) is 20.6. The quantitative estimate of drug-likeness (QED) is 0.519. The van der Waals surface area contributed by atoms with Crippen LogP contribution in [0.15, 0.2) is 48.5 Å². The summed E-state index contributed by atoms with van der Waals surface area (Å²) in [5.74, 6) is -3.38. The van der Waals surface area contributed by atoms with E-state index in [1.54, 1.807) is 6.92 Å². The van der Waals surface area contributed by atoms with Gasteiger partial charge in [0.15, 0.2) is 11.6 Å². The van der Waals surface area contributed by atoms with Crippen LogP contribution in [0.4, 0.5) is 14.5 Å². The van der Waals surface area contributed by atoms with E-state index in [1.165, 1.54) is 4.90 Å². The van der Waals surface area contributed by atoms with Gasteiger partial charge in [-0.2, -0.15) is 0 Å². The van der Waals surface area contributed by atoms with E-state index < -0.39 is 40.2 Å². The Morgan fingerprint density at radius 2 is 1.68 bits per heavy atom. The van der Waals surface area contributed by atoms with Crippen molar-refractivity contribution >= 4 is 27.5 Å². The minimum absolute atomic E-state index is 0.101. The van der Waals surface area contributed by atoms with Gasteiger partial charge in [-0.3, -0.25) is 13.9 Å². The second-order valence-electron chi connectivity index (χ2n) is 8.18. The number of nitrogens with one attached hydrogen (secondary N) is 1. The summed E-state index contributed by atoms with van der Waals surface area (Å²) < 4.78 is 52.7. The molecule has 0 saturated heterocycles. The van der Waals surface area contributed by atoms with Gasteiger partial charge in [-0.05, 0) is 44.4 Å². The molecule has 0 saturated carbocycles. The third kappa shape index (κ3) is 7.51. The van der Waals surface area contributed by atoms with Crippen molar-refractivity contribution in [1.29, 1.82) is 0 Å². The Morgan fingerprint density at radius 3 is 2.24 bits per heavy atom. The molecule has 0 aliphatic carbocycles. The largest absolute Gasteiger partial charge is 0.352 e. The Balaban J connectivity index is 2.33. The highest BCUT2D eigenvalue weighted by Crippen LogP contribution is 2.21. The van der Waals surface area contributed by atoms with Crippen LogP contribution in [0.2, 0.25) is 0 Å². The number of carbonyl (C=O) groups excluding carboxylic acids is 2. The van der Waals surface area contributed by atoms with Crippen LogP contribution >= 0.6 is 0 Å². The van der Waals surface area contributed by atoms with Crippen LogP contribution in [-0.2, 0) is 26.0 Å². The molecule has 2 rings (SSSR count). The number of hydrogen-bond acceptors (Lipinski definition) is 4. The van der Waals surface area contributed by atoms with E-state index in [0.717, 1.165) is 30.0 Å². The minimum atomic E-state index is -4.02. The van der Waals surface area contributed by atoms with Gasteiger partial charge in [0.05, 0.1) is 11.9 Å². The lowest BCUT2D eigenvalue weighted by atomic mass is 10.1. The number of amides is 2. The maximum atomic E-state index is 13.8. The molecule has 2 atom stereocenters. The molecule has 0 bridgehead atoms. The fourth-order valence-electron chi connectivity index (χ4n) is 3.29. The third-order valence-electron chi connectivity index (χ3n) is 5.52. The summed E-state index contributed by atoms with van der Waals surface area (Å²) in [6, 6.07) is 11.0. The molecule has 2 amide bonds. The number of anilines is 1. The van der Waals surface area contributed by atoms with Crippen molar-refractivity contribution in [3.8, 4) is 0 Å².